The van der Waals surface area contributed by atoms with E-state index in [-0.39, 0.29) is 5.91 Å². The van der Waals surface area contributed by atoms with Crippen LogP contribution in [0.15, 0.2) is 36.7 Å². The summed E-state index contributed by atoms with van der Waals surface area (Å²) in [6.07, 6.45) is 4.57. The Bertz CT molecular complexity index is 1250. The smallest absolute Gasteiger partial charge is 0.251 e. The van der Waals surface area contributed by atoms with Gasteiger partial charge in [0.1, 0.15) is 5.65 Å². The average molecular weight is 433 g/mol. The summed E-state index contributed by atoms with van der Waals surface area (Å²) in [6, 6.07) is 7.78. The molecule has 1 aliphatic heterocycles. The summed E-state index contributed by atoms with van der Waals surface area (Å²) < 4.78 is 7.27. The van der Waals surface area contributed by atoms with Crippen molar-refractivity contribution in [2.75, 3.05) is 39.4 Å². The molecule has 5 rings (SSSR count). The molecule has 1 fully saturated rings. The fraction of sp³-hybridized carbons (Fsp3) is 0.375. The number of rotatable bonds is 6. The van der Waals surface area contributed by atoms with Gasteiger partial charge in [0, 0.05) is 55.8 Å². The average Bonchev–Trinajstić information content (AvgIpc) is 3.39. The lowest BCUT2D eigenvalue weighted by molar-refractivity contribution is 0.0383. The van der Waals surface area contributed by atoms with Crippen LogP contribution in [0.3, 0.4) is 0 Å². The van der Waals surface area contributed by atoms with Crippen LogP contribution in [0.4, 0.5) is 0 Å². The summed E-state index contributed by atoms with van der Waals surface area (Å²) in [7, 11) is 1.96. The highest BCUT2D eigenvalue weighted by Crippen LogP contribution is 2.34. The number of aryl methyl sites for hydroxylation is 2. The van der Waals surface area contributed by atoms with Gasteiger partial charge >= 0.3 is 0 Å². The number of hydrogen-bond donors (Lipinski definition) is 2. The Morgan fingerprint density at radius 3 is 2.72 bits per heavy atom. The highest BCUT2D eigenvalue weighted by molar-refractivity contribution is 6.07. The van der Waals surface area contributed by atoms with Crippen LogP contribution in [0, 0.1) is 0 Å². The molecule has 1 aliphatic rings. The maximum atomic E-state index is 12.6. The molecular formula is C24H28N6O2. The topological polar surface area (TPSA) is 88.1 Å². The van der Waals surface area contributed by atoms with Gasteiger partial charge in [-0.25, -0.2) is 4.98 Å². The second-order valence-corrected chi connectivity index (χ2v) is 8.17. The van der Waals surface area contributed by atoms with Crippen LogP contribution in [-0.4, -0.2) is 69.9 Å². The number of carbonyl (C=O) groups is 1. The summed E-state index contributed by atoms with van der Waals surface area (Å²) >= 11 is 0. The van der Waals surface area contributed by atoms with E-state index in [0.717, 1.165) is 72.5 Å². The molecule has 0 aliphatic carbocycles. The molecule has 4 aromatic rings. The quantitative estimate of drug-likeness (QED) is 0.489. The van der Waals surface area contributed by atoms with Crippen LogP contribution < -0.4 is 5.32 Å². The van der Waals surface area contributed by atoms with E-state index in [4.69, 9.17) is 4.74 Å². The molecule has 3 aromatic heterocycles. The van der Waals surface area contributed by atoms with Crippen LogP contribution in [0.25, 0.3) is 33.2 Å². The first kappa shape index (κ1) is 20.7. The van der Waals surface area contributed by atoms with Crippen molar-refractivity contribution < 1.29 is 9.53 Å². The number of fused-ring (bicyclic) bond motifs is 3. The second kappa shape index (κ2) is 8.72. The van der Waals surface area contributed by atoms with Crippen LogP contribution in [0.1, 0.15) is 22.8 Å². The zero-order valence-corrected chi connectivity index (χ0v) is 18.5. The number of amides is 1. The van der Waals surface area contributed by atoms with Gasteiger partial charge in [-0.3, -0.25) is 14.4 Å². The number of H-pyrrole nitrogens is 1. The SMILES string of the molecule is CCc1c(-c2ccc(C(=O)NCCN3CCOCC3)cc2)[nH]c2ncc3cnn(C)c3c12. The zero-order chi connectivity index (χ0) is 22.1. The molecule has 8 heteroatoms. The van der Waals surface area contributed by atoms with Gasteiger partial charge in [0.25, 0.3) is 5.91 Å². The minimum Gasteiger partial charge on any atom is -0.379 e. The Kier molecular flexibility index (Phi) is 5.63. The van der Waals surface area contributed by atoms with Crippen LogP contribution >= 0.6 is 0 Å². The standard InChI is InChI=1S/C24H28N6O2/c1-3-19-20-22-18(15-27-29(22)2)14-26-23(20)28-21(19)16-4-6-17(7-5-16)24(31)25-8-9-30-10-12-32-13-11-30/h4-7,14-15H,3,8-13H2,1-2H3,(H,25,31)(H,26,28). The maximum Gasteiger partial charge on any atom is 0.251 e. The van der Waals surface area contributed by atoms with Gasteiger partial charge in [0.05, 0.1) is 30.6 Å². The Morgan fingerprint density at radius 1 is 1.19 bits per heavy atom. The monoisotopic (exact) mass is 432 g/mol. The minimum atomic E-state index is -0.0459. The molecule has 166 valence electrons. The minimum absolute atomic E-state index is 0.0459. The Morgan fingerprint density at radius 2 is 1.97 bits per heavy atom. The molecule has 0 unspecified atom stereocenters. The van der Waals surface area contributed by atoms with E-state index in [1.54, 1.807) is 0 Å². The lowest BCUT2D eigenvalue weighted by atomic mass is 10.0. The Balaban J connectivity index is 1.36. The molecule has 0 radical (unpaired) electrons. The lowest BCUT2D eigenvalue weighted by Gasteiger charge is -2.26. The third-order valence-corrected chi connectivity index (χ3v) is 6.23. The molecule has 1 aromatic carbocycles. The number of nitrogens with one attached hydrogen (secondary N) is 2. The summed E-state index contributed by atoms with van der Waals surface area (Å²) in [6.45, 7) is 7.02. The number of aromatic nitrogens is 4. The first-order valence-electron chi connectivity index (χ1n) is 11.2. The van der Waals surface area contributed by atoms with E-state index in [1.807, 2.05) is 48.4 Å². The first-order chi connectivity index (χ1) is 15.7. The summed E-state index contributed by atoms with van der Waals surface area (Å²) in [5.74, 6) is -0.0459. The van der Waals surface area contributed by atoms with Gasteiger partial charge in [-0.05, 0) is 29.7 Å². The van der Waals surface area contributed by atoms with E-state index < -0.39 is 0 Å². The van der Waals surface area contributed by atoms with Crippen molar-refractivity contribution in [3.63, 3.8) is 0 Å². The number of ether oxygens (including phenoxy) is 1. The van der Waals surface area contributed by atoms with E-state index in [2.05, 4.69) is 32.2 Å². The number of carbonyl (C=O) groups excluding carboxylic acids is 1. The molecule has 4 heterocycles. The molecule has 8 nitrogen and oxygen atoms in total. The molecule has 1 amide bonds. The van der Waals surface area contributed by atoms with Gasteiger partial charge < -0.3 is 15.0 Å². The highest BCUT2D eigenvalue weighted by Gasteiger charge is 2.18. The van der Waals surface area contributed by atoms with Crippen molar-refractivity contribution in [3.05, 3.63) is 47.8 Å². The van der Waals surface area contributed by atoms with Crippen molar-refractivity contribution in [1.82, 2.24) is 30.0 Å². The maximum absolute atomic E-state index is 12.6. The number of nitrogens with zero attached hydrogens (tertiary/aromatic N) is 4. The van der Waals surface area contributed by atoms with Crippen LogP contribution in [0.2, 0.25) is 0 Å². The molecule has 2 N–H and O–H groups in total. The number of aromatic amines is 1. The Hall–Kier alpha value is -3.23. The van der Waals surface area contributed by atoms with E-state index in [1.165, 1.54) is 5.56 Å². The highest BCUT2D eigenvalue weighted by atomic mass is 16.5. The predicted molar refractivity (Wildman–Crippen MR) is 125 cm³/mol. The fourth-order valence-electron chi connectivity index (χ4n) is 4.51. The van der Waals surface area contributed by atoms with E-state index in [0.29, 0.717) is 12.1 Å². The Labute approximate surface area is 186 Å². The van der Waals surface area contributed by atoms with Gasteiger partial charge in [0.2, 0.25) is 0 Å². The molecule has 0 bridgehead atoms. The van der Waals surface area contributed by atoms with E-state index >= 15 is 0 Å². The van der Waals surface area contributed by atoms with Crippen LogP contribution in [-0.2, 0) is 18.2 Å². The molecule has 0 atom stereocenters. The van der Waals surface area contributed by atoms with Crippen molar-refractivity contribution in [2.45, 2.75) is 13.3 Å². The second-order valence-electron chi connectivity index (χ2n) is 8.17. The van der Waals surface area contributed by atoms with Crippen molar-refractivity contribution >= 4 is 27.8 Å². The van der Waals surface area contributed by atoms with E-state index in [9.17, 15) is 4.79 Å². The van der Waals surface area contributed by atoms with Crippen molar-refractivity contribution in [1.29, 1.82) is 0 Å². The van der Waals surface area contributed by atoms with Gasteiger partial charge in [-0.2, -0.15) is 5.10 Å². The van der Waals surface area contributed by atoms with Crippen LogP contribution in [0.5, 0.6) is 0 Å². The number of pyridine rings is 1. The summed E-state index contributed by atoms with van der Waals surface area (Å²) in [5, 5.41) is 9.57. The third kappa shape index (κ3) is 3.76. The largest absolute Gasteiger partial charge is 0.379 e. The third-order valence-electron chi connectivity index (χ3n) is 6.23. The number of hydrogen-bond acceptors (Lipinski definition) is 5. The number of morpholine rings is 1. The molecule has 1 saturated heterocycles. The summed E-state index contributed by atoms with van der Waals surface area (Å²) in [5.41, 5.74) is 5.91. The molecule has 0 spiro atoms. The zero-order valence-electron chi connectivity index (χ0n) is 18.5. The predicted octanol–water partition coefficient (Wildman–Crippen LogP) is 2.74. The van der Waals surface area contributed by atoms with Gasteiger partial charge in [-0.1, -0.05) is 19.1 Å². The number of benzene rings is 1. The van der Waals surface area contributed by atoms with Gasteiger partial charge in [0.15, 0.2) is 0 Å². The van der Waals surface area contributed by atoms with Crippen molar-refractivity contribution in [3.8, 4) is 11.3 Å². The summed E-state index contributed by atoms with van der Waals surface area (Å²) in [4.78, 5) is 23.0. The first-order valence-corrected chi connectivity index (χ1v) is 11.2. The van der Waals surface area contributed by atoms with Gasteiger partial charge in [-0.15, -0.1) is 0 Å². The molecule has 32 heavy (non-hydrogen) atoms. The normalized spacial score (nSPS) is 14.9. The van der Waals surface area contributed by atoms with Crippen molar-refractivity contribution in [2.24, 2.45) is 7.05 Å². The fourth-order valence-corrected chi connectivity index (χ4v) is 4.51. The molecular weight excluding hydrogens is 404 g/mol. The lowest BCUT2D eigenvalue weighted by Crippen LogP contribution is -2.41. The molecule has 0 saturated carbocycles.